The predicted molar refractivity (Wildman–Crippen MR) is 81.7 cm³/mol. The van der Waals surface area contributed by atoms with Crippen LogP contribution in [0.4, 0.5) is 0 Å². The number of imidazole rings is 1. The second-order valence-electron chi connectivity index (χ2n) is 4.54. The van der Waals surface area contributed by atoms with Crippen LogP contribution in [0.5, 0.6) is 5.88 Å². The van der Waals surface area contributed by atoms with E-state index < -0.39 is 0 Å². The van der Waals surface area contributed by atoms with E-state index in [0.29, 0.717) is 12.4 Å². The summed E-state index contributed by atoms with van der Waals surface area (Å²) < 4.78 is 7.42. The topological polar surface area (TPSA) is 51.5 Å². The third-order valence-corrected chi connectivity index (χ3v) is 4.96. The molecular formula is C13H16N4OS2. The maximum Gasteiger partial charge on any atom is 0.237 e. The number of rotatable bonds is 5. The second kappa shape index (κ2) is 5.51. The Balaban J connectivity index is 1.77. The van der Waals surface area contributed by atoms with Gasteiger partial charge in [0.25, 0.3) is 0 Å². The molecule has 0 saturated carbocycles. The Morgan fingerprint density at radius 3 is 3.05 bits per heavy atom. The third kappa shape index (κ3) is 2.44. The molecule has 20 heavy (non-hydrogen) atoms. The van der Waals surface area contributed by atoms with Gasteiger partial charge in [-0.15, -0.1) is 22.7 Å². The minimum absolute atomic E-state index is 0.211. The molecule has 1 N–H and O–H groups in total. The highest BCUT2D eigenvalue weighted by molar-refractivity contribution is 7.15. The highest BCUT2D eigenvalue weighted by Crippen LogP contribution is 2.24. The number of thiazole rings is 2. The van der Waals surface area contributed by atoms with E-state index in [1.807, 2.05) is 17.8 Å². The van der Waals surface area contributed by atoms with Gasteiger partial charge in [-0.2, -0.15) is 4.98 Å². The van der Waals surface area contributed by atoms with Gasteiger partial charge in [-0.05, 0) is 13.8 Å². The second-order valence-corrected chi connectivity index (χ2v) is 6.67. The molecule has 0 aromatic carbocycles. The number of ether oxygens (including phenoxy) is 1. The van der Waals surface area contributed by atoms with E-state index in [0.717, 1.165) is 15.7 Å². The Labute approximate surface area is 125 Å². The lowest BCUT2D eigenvalue weighted by Crippen LogP contribution is -2.19. The number of aromatic nitrogens is 3. The van der Waals surface area contributed by atoms with Gasteiger partial charge in [0.05, 0.1) is 13.2 Å². The highest BCUT2D eigenvalue weighted by Gasteiger charge is 2.15. The number of nitrogens with zero attached hydrogens (tertiary/aromatic N) is 3. The van der Waals surface area contributed by atoms with Crippen molar-refractivity contribution in [2.45, 2.75) is 26.4 Å². The quantitative estimate of drug-likeness (QED) is 0.787. The molecule has 7 heteroatoms. The molecule has 0 saturated heterocycles. The van der Waals surface area contributed by atoms with Crippen molar-refractivity contribution in [3.63, 3.8) is 0 Å². The van der Waals surface area contributed by atoms with Crippen molar-refractivity contribution in [1.82, 2.24) is 19.7 Å². The van der Waals surface area contributed by atoms with E-state index in [9.17, 15) is 0 Å². The van der Waals surface area contributed by atoms with Crippen LogP contribution in [0.25, 0.3) is 4.96 Å². The lowest BCUT2D eigenvalue weighted by molar-refractivity contribution is 0.391. The smallest absolute Gasteiger partial charge is 0.237 e. The Bertz CT molecular complexity index is 715. The van der Waals surface area contributed by atoms with Gasteiger partial charge in [-0.25, -0.2) is 4.98 Å². The first-order valence-electron chi connectivity index (χ1n) is 6.33. The molecule has 1 atom stereocenters. The van der Waals surface area contributed by atoms with E-state index in [1.54, 1.807) is 29.8 Å². The number of aryl methyl sites for hydroxylation is 1. The van der Waals surface area contributed by atoms with Crippen molar-refractivity contribution in [2.24, 2.45) is 0 Å². The Morgan fingerprint density at radius 1 is 1.50 bits per heavy atom. The minimum atomic E-state index is 0.211. The summed E-state index contributed by atoms with van der Waals surface area (Å²) in [6, 6.07) is 0.211. The van der Waals surface area contributed by atoms with Crippen LogP contribution in [0.15, 0.2) is 17.8 Å². The lowest BCUT2D eigenvalue weighted by Gasteiger charge is -2.11. The summed E-state index contributed by atoms with van der Waals surface area (Å²) in [6.45, 7) is 4.89. The maximum absolute atomic E-state index is 5.35. The monoisotopic (exact) mass is 308 g/mol. The summed E-state index contributed by atoms with van der Waals surface area (Å²) in [5.74, 6) is 0.687. The van der Waals surface area contributed by atoms with E-state index >= 15 is 0 Å². The molecule has 0 aliphatic carbocycles. The van der Waals surface area contributed by atoms with Gasteiger partial charge in [0.15, 0.2) is 4.96 Å². The molecule has 0 fully saturated rings. The van der Waals surface area contributed by atoms with Crippen LogP contribution in [0.3, 0.4) is 0 Å². The molecule has 3 aromatic rings. The molecule has 0 radical (unpaired) electrons. The van der Waals surface area contributed by atoms with Crippen LogP contribution in [-0.4, -0.2) is 21.5 Å². The first kappa shape index (κ1) is 13.5. The van der Waals surface area contributed by atoms with E-state index in [2.05, 4.69) is 33.5 Å². The van der Waals surface area contributed by atoms with Gasteiger partial charge in [-0.3, -0.25) is 4.40 Å². The van der Waals surface area contributed by atoms with Crippen LogP contribution in [0, 0.1) is 6.92 Å². The first-order chi connectivity index (χ1) is 9.69. The molecule has 0 aliphatic heterocycles. The van der Waals surface area contributed by atoms with Crippen molar-refractivity contribution in [3.05, 3.63) is 33.4 Å². The van der Waals surface area contributed by atoms with Gasteiger partial charge in [0.2, 0.25) is 5.88 Å². The molecule has 5 nitrogen and oxygen atoms in total. The fourth-order valence-corrected chi connectivity index (χ4v) is 3.57. The maximum atomic E-state index is 5.35. The predicted octanol–water partition coefficient (Wildman–Crippen LogP) is 3.02. The number of hydrogen-bond acceptors (Lipinski definition) is 6. The zero-order valence-electron chi connectivity index (χ0n) is 11.6. The Hall–Kier alpha value is -1.44. The van der Waals surface area contributed by atoms with Crippen molar-refractivity contribution >= 4 is 27.6 Å². The standard InChI is InChI=1S/C13H16N4OS2/c1-8-6-15-12(20-8)9(2)14-7-10-11(18-3)16-13-17(10)4-5-19-13/h4-6,9,14H,7H2,1-3H3. The number of fused-ring (bicyclic) bond motifs is 1. The molecule has 0 bridgehead atoms. The van der Waals surface area contributed by atoms with Crippen LogP contribution in [0.2, 0.25) is 0 Å². The molecule has 0 aliphatic rings. The van der Waals surface area contributed by atoms with Crippen molar-refractivity contribution in [1.29, 1.82) is 0 Å². The molecule has 0 spiro atoms. The fraction of sp³-hybridized carbons (Fsp3) is 0.385. The zero-order chi connectivity index (χ0) is 14.1. The van der Waals surface area contributed by atoms with Gasteiger partial charge in [0, 0.05) is 29.2 Å². The largest absolute Gasteiger partial charge is 0.480 e. The van der Waals surface area contributed by atoms with Crippen molar-refractivity contribution in [2.75, 3.05) is 7.11 Å². The van der Waals surface area contributed by atoms with Gasteiger partial charge in [-0.1, -0.05) is 0 Å². The van der Waals surface area contributed by atoms with Gasteiger partial charge in [0.1, 0.15) is 10.7 Å². The highest BCUT2D eigenvalue weighted by atomic mass is 32.1. The van der Waals surface area contributed by atoms with Crippen LogP contribution >= 0.6 is 22.7 Å². The molecule has 3 rings (SSSR count). The Kier molecular flexibility index (Phi) is 3.73. The molecule has 106 valence electrons. The molecule has 0 amide bonds. The third-order valence-electron chi connectivity index (χ3n) is 3.10. The average molecular weight is 308 g/mol. The number of methoxy groups -OCH3 is 1. The number of nitrogens with one attached hydrogen (secondary N) is 1. The summed E-state index contributed by atoms with van der Waals surface area (Å²) in [5, 5.41) is 6.61. The summed E-state index contributed by atoms with van der Waals surface area (Å²) in [7, 11) is 1.66. The van der Waals surface area contributed by atoms with Crippen LogP contribution in [-0.2, 0) is 6.54 Å². The first-order valence-corrected chi connectivity index (χ1v) is 8.02. The summed E-state index contributed by atoms with van der Waals surface area (Å²) in [5.41, 5.74) is 1.05. The zero-order valence-corrected chi connectivity index (χ0v) is 13.2. The van der Waals surface area contributed by atoms with Crippen molar-refractivity contribution < 1.29 is 4.74 Å². The van der Waals surface area contributed by atoms with E-state index in [4.69, 9.17) is 4.74 Å². The van der Waals surface area contributed by atoms with Gasteiger partial charge < -0.3 is 10.1 Å². The van der Waals surface area contributed by atoms with Crippen LogP contribution < -0.4 is 10.1 Å². The van der Waals surface area contributed by atoms with E-state index in [-0.39, 0.29) is 6.04 Å². The molecule has 1 unspecified atom stereocenters. The fourth-order valence-electron chi connectivity index (χ4n) is 2.05. The average Bonchev–Trinajstić information content (AvgIpc) is 3.11. The molecular weight excluding hydrogens is 292 g/mol. The molecule has 3 aromatic heterocycles. The molecule has 3 heterocycles. The van der Waals surface area contributed by atoms with Crippen LogP contribution in [0.1, 0.15) is 28.5 Å². The summed E-state index contributed by atoms with van der Waals surface area (Å²) in [6.07, 6.45) is 3.93. The number of hydrogen-bond donors (Lipinski definition) is 1. The van der Waals surface area contributed by atoms with Gasteiger partial charge >= 0.3 is 0 Å². The summed E-state index contributed by atoms with van der Waals surface area (Å²) in [4.78, 5) is 11.1. The SMILES string of the molecule is COc1nc2sccn2c1CNC(C)c1ncc(C)s1. The Morgan fingerprint density at radius 2 is 2.35 bits per heavy atom. The lowest BCUT2D eigenvalue weighted by atomic mass is 10.3. The normalized spacial score (nSPS) is 12.9. The van der Waals surface area contributed by atoms with E-state index in [1.165, 1.54) is 4.88 Å². The van der Waals surface area contributed by atoms with Crippen molar-refractivity contribution in [3.8, 4) is 5.88 Å². The minimum Gasteiger partial charge on any atom is -0.480 e. The summed E-state index contributed by atoms with van der Waals surface area (Å²) >= 11 is 3.33.